The van der Waals surface area contributed by atoms with Crippen molar-refractivity contribution in [1.82, 2.24) is 15.4 Å². The third-order valence-electron chi connectivity index (χ3n) is 8.03. The van der Waals surface area contributed by atoms with Crippen LogP contribution in [0, 0.1) is 5.41 Å². The molecule has 2 aromatic rings. The van der Waals surface area contributed by atoms with Crippen LogP contribution in [0.15, 0.2) is 24.4 Å². The number of carbonyl (C=O) groups excluding carboxylic acids is 1. The number of thioether (sulfide) groups is 1. The Hall–Kier alpha value is -1.94. The number of ether oxygens (including phenoxy) is 1. The van der Waals surface area contributed by atoms with Gasteiger partial charge >= 0.3 is 0 Å². The number of hydroxylamine groups is 1. The molecule has 9 heteroatoms. The van der Waals surface area contributed by atoms with Crippen LogP contribution in [0.2, 0.25) is 0 Å². The van der Waals surface area contributed by atoms with Gasteiger partial charge in [-0.05, 0) is 75.4 Å². The van der Waals surface area contributed by atoms with Crippen molar-refractivity contribution in [3.05, 3.63) is 35.5 Å². The second-order valence-corrected chi connectivity index (χ2v) is 11.5. The van der Waals surface area contributed by atoms with Gasteiger partial charge in [0.05, 0.1) is 24.1 Å². The molecule has 2 heterocycles. The zero-order chi connectivity index (χ0) is 25.5. The van der Waals surface area contributed by atoms with E-state index in [4.69, 9.17) is 4.74 Å². The van der Waals surface area contributed by atoms with E-state index in [2.05, 4.69) is 21.6 Å². The number of nitrogens with one attached hydrogen (secondary N) is 1. The number of amides is 1. The quantitative estimate of drug-likeness (QED) is 0.290. The number of piperidine rings is 1. The van der Waals surface area contributed by atoms with Crippen LogP contribution in [-0.2, 0) is 11.5 Å². The maximum absolute atomic E-state index is 13.9. The van der Waals surface area contributed by atoms with Crippen molar-refractivity contribution < 1.29 is 24.2 Å². The summed E-state index contributed by atoms with van der Waals surface area (Å²) in [5.41, 5.74) is 2.58. The average molecular weight is 520 g/mol. The van der Waals surface area contributed by atoms with Crippen molar-refractivity contribution in [3.63, 3.8) is 0 Å². The largest absolute Gasteiger partial charge is 0.497 e. The fourth-order valence-corrected chi connectivity index (χ4v) is 7.10. The van der Waals surface area contributed by atoms with Gasteiger partial charge in [-0.1, -0.05) is 12.8 Å². The molecular weight excluding hydrogens is 481 g/mol. The number of pyridine rings is 1. The van der Waals surface area contributed by atoms with Crippen LogP contribution in [0.3, 0.4) is 0 Å². The van der Waals surface area contributed by atoms with E-state index in [0.29, 0.717) is 47.0 Å². The first-order valence-electron chi connectivity index (χ1n) is 13.0. The summed E-state index contributed by atoms with van der Waals surface area (Å²) >= 11 is 2.07. The number of halogens is 1. The van der Waals surface area contributed by atoms with E-state index in [1.54, 1.807) is 25.3 Å². The van der Waals surface area contributed by atoms with Crippen LogP contribution < -0.4 is 10.2 Å². The highest BCUT2D eigenvalue weighted by atomic mass is 32.2. The summed E-state index contributed by atoms with van der Waals surface area (Å²) in [6, 6.07) is 5.33. The van der Waals surface area contributed by atoms with E-state index < -0.39 is 24.1 Å². The number of likely N-dealkylation sites (tertiary alicyclic amines) is 1. The average Bonchev–Trinajstić information content (AvgIpc) is 3.44. The molecule has 1 saturated carbocycles. The molecule has 1 atom stereocenters. The van der Waals surface area contributed by atoms with Crippen LogP contribution in [0.5, 0.6) is 5.75 Å². The smallest absolute Gasteiger partial charge is 0.249 e. The van der Waals surface area contributed by atoms with Crippen molar-refractivity contribution in [3.8, 4) is 5.75 Å². The van der Waals surface area contributed by atoms with Gasteiger partial charge in [0.1, 0.15) is 12.4 Å². The van der Waals surface area contributed by atoms with Gasteiger partial charge in [0, 0.05) is 34.7 Å². The number of alkyl halides is 1. The highest BCUT2D eigenvalue weighted by molar-refractivity contribution is 7.99. The van der Waals surface area contributed by atoms with Crippen LogP contribution >= 0.6 is 11.8 Å². The Morgan fingerprint density at radius 3 is 2.75 bits per heavy atom. The summed E-state index contributed by atoms with van der Waals surface area (Å²) in [6.45, 7) is 1.81. The molecule has 1 amide bonds. The molecular formula is C27H38FN3O4S. The minimum absolute atomic E-state index is 0.272. The van der Waals surface area contributed by atoms with Crippen LogP contribution in [0.4, 0.5) is 4.39 Å². The number of aliphatic hydroxyl groups is 1. The number of fused-ring (bicyclic) bond motifs is 1. The fraction of sp³-hybridized carbons (Fsp3) is 0.630. The van der Waals surface area contributed by atoms with E-state index in [1.807, 2.05) is 5.48 Å². The predicted octanol–water partition coefficient (Wildman–Crippen LogP) is 4.79. The molecule has 0 bridgehead atoms. The number of nitrogens with zero attached hydrogens (tertiary/aromatic N) is 2. The van der Waals surface area contributed by atoms with Gasteiger partial charge in [0.15, 0.2) is 0 Å². The van der Waals surface area contributed by atoms with Gasteiger partial charge in [-0.15, -0.1) is 0 Å². The lowest BCUT2D eigenvalue weighted by molar-refractivity contribution is -0.143. The number of hydrogen-bond donors (Lipinski definition) is 3. The number of rotatable bonds is 11. The van der Waals surface area contributed by atoms with Gasteiger partial charge in [0.2, 0.25) is 5.91 Å². The van der Waals surface area contributed by atoms with E-state index in [1.165, 1.54) is 31.9 Å². The highest BCUT2D eigenvalue weighted by Crippen LogP contribution is 2.40. The molecule has 0 radical (unpaired) electrons. The third-order valence-corrected chi connectivity index (χ3v) is 9.39. The summed E-state index contributed by atoms with van der Waals surface area (Å²) in [5.74, 6) is 1.30. The molecule has 3 N–H and O–H groups in total. The molecule has 2 fully saturated rings. The molecule has 4 rings (SSSR count). The first kappa shape index (κ1) is 27.1. The molecule has 1 aromatic heterocycles. The molecule has 0 unspecified atom stereocenters. The zero-order valence-electron chi connectivity index (χ0n) is 21.0. The Labute approximate surface area is 216 Å². The van der Waals surface area contributed by atoms with Crippen molar-refractivity contribution in [2.45, 2.75) is 69.4 Å². The molecule has 36 heavy (non-hydrogen) atoms. The lowest BCUT2D eigenvalue weighted by Gasteiger charge is -2.40. The molecule has 2 aliphatic rings. The second kappa shape index (κ2) is 12.5. The summed E-state index contributed by atoms with van der Waals surface area (Å²) < 4.78 is 19.2. The lowest BCUT2D eigenvalue weighted by atomic mass is 9.73. The van der Waals surface area contributed by atoms with Crippen molar-refractivity contribution in [2.24, 2.45) is 5.41 Å². The topological polar surface area (TPSA) is 94.9 Å². The number of benzene rings is 1. The Kier molecular flexibility index (Phi) is 9.44. The van der Waals surface area contributed by atoms with E-state index in [-0.39, 0.29) is 6.42 Å². The molecule has 1 aliphatic heterocycles. The Morgan fingerprint density at radius 1 is 1.33 bits per heavy atom. The summed E-state index contributed by atoms with van der Waals surface area (Å²) in [4.78, 5) is 19.5. The number of hydrogen-bond acceptors (Lipinski definition) is 7. The number of methoxy groups -OCH3 is 1. The van der Waals surface area contributed by atoms with Gasteiger partial charge < -0.3 is 14.7 Å². The number of aromatic nitrogens is 1. The molecule has 1 saturated heterocycles. The van der Waals surface area contributed by atoms with Crippen molar-refractivity contribution >= 4 is 28.6 Å². The maximum Gasteiger partial charge on any atom is 0.249 e. The zero-order valence-corrected chi connectivity index (χ0v) is 21.9. The van der Waals surface area contributed by atoms with Gasteiger partial charge in [0.25, 0.3) is 0 Å². The van der Waals surface area contributed by atoms with E-state index >= 15 is 0 Å². The molecule has 7 nitrogen and oxygen atoms in total. The SMILES string of the molecule is COc1ccc2ncc(CF)c([C@H](O)CCC3(C(=O)NO)CCN(CCSC4CCCC4)CC3)c2c1. The standard InChI is InChI=1S/C27H38FN3O4S/c1-35-20-6-7-23-22(16-20)25(19(17-28)18-29-23)24(32)8-9-27(26(33)30-34)10-12-31(13-11-27)14-15-36-21-4-2-3-5-21/h6-7,16,18,21,24,32,34H,2-5,8-15,17H2,1H3,(H,30,33)/t24-/m1/s1. The van der Waals surface area contributed by atoms with E-state index in [9.17, 15) is 19.5 Å². The Balaban J connectivity index is 1.42. The monoisotopic (exact) mass is 519 g/mol. The van der Waals surface area contributed by atoms with Gasteiger partial charge in [-0.3, -0.25) is 15.0 Å². The van der Waals surface area contributed by atoms with Crippen molar-refractivity contribution in [2.75, 3.05) is 32.5 Å². The molecule has 0 spiro atoms. The first-order chi connectivity index (χ1) is 17.5. The summed E-state index contributed by atoms with van der Waals surface area (Å²) in [6.07, 6.45) is 7.74. The number of aliphatic hydroxyl groups excluding tert-OH is 1. The van der Waals surface area contributed by atoms with E-state index in [0.717, 1.165) is 30.6 Å². The van der Waals surface area contributed by atoms with Crippen LogP contribution in [-0.4, -0.2) is 63.9 Å². The molecule has 1 aliphatic carbocycles. The Bertz CT molecular complexity index is 1020. The summed E-state index contributed by atoms with van der Waals surface area (Å²) in [5, 5.41) is 22.2. The maximum atomic E-state index is 13.9. The van der Waals surface area contributed by atoms with Crippen molar-refractivity contribution in [1.29, 1.82) is 0 Å². The summed E-state index contributed by atoms with van der Waals surface area (Å²) in [7, 11) is 1.56. The fourth-order valence-electron chi connectivity index (χ4n) is 5.74. The van der Waals surface area contributed by atoms with Gasteiger partial charge in [-0.25, -0.2) is 9.87 Å². The normalized spacial score (nSPS) is 19.4. The number of carbonyl (C=O) groups is 1. The predicted molar refractivity (Wildman–Crippen MR) is 140 cm³/mol. The van der Waals surface area contributed by atoms with Gasteiger partial charge in [-0.2, -0.15) is 11.8 Å². The Morgan fingerprint density at radius 2 is 2.08 bits per heavy atom. The molecule has 1 aromatic carbocycles. The van der Waals surface area contributed by atoms with Crippen LogP contribution in [0.25, 0.3) is 10.9 Å². The third kappa shape index (κ3) is 6.13. The first-order valence-corrected chi connectivity index (χ1v) is 14.0. The lowest BCUT2D eigenvalue weighted by Crippen LogP contribution is -2.48. The minimum Gasteiger partial charge on any atom is -0.497 e. The molecule has 198 valence electrons. The highest BCUT2D eigenvalue weighted by Gasteiger charge is 2.41. The van der Waals surface area contributed by atoms with Crippen LogP contribution in [0.1, 0.15) is 68.6 Å². The minimum atomic E-state index is -0.974. The second-order valence-electron chi connectivity index (χ2n) is 10.1.